The van der Waals surface area contributed by atoms with Crippen molar-refractivity contribution in [3.05, 3.63) is 23.3 Å². The Morgan fingerprint density at radius 3 is 2.30 bits per heavy atom. The van der Waals surface area contributed by atoms with Crippen LogP contribution >= 0.6 is 0 Å². The largest absolute Gasteiger partial charge is 0.507 e. The molecule has 1 aromatic carbocycles. The predicted octanol–water partition coefficient (Wildman–Crippen LogP) is 4.22. The number of hydrogen-bond acceptors (Lipinski definition) is 2. The lowest BCUT2D eigenvalue weighted by molar-refractivity contribution is 0.112. The van der Waals surface area contributed by atoms with Gasteiger partial charge in [-0.05, 0) is 17.0 Å². The minimum absolute atomic E-state index is 0.150. The van der Waals surface area contributed by atoms with Gasteiger partial charge in [0.2, 0.25) is 0 Å². The van der Waals surface area contributed by atoms with E-state index in [0.29, 0.717) is 5.56 Å². The van der Waals surface area contributed by atoms with Gasteiger partial charge in [0.05, 0.1) is 13.6 Å². The van der Waals surface area contributed by atoms with Crippen molar-refractivity contribution >= 4 is 19.5 Å². The smallest absolute Gasteiger partial charge is 0.153 e. The summed E-state index contributed by atoms with van der Waals surface area (Å²) < 4.78 is 0. The molecule has 0 aromatic heterocycles. The van der Waals surface area contributed by atoms with Crippen molar-refractivity contribution in [1.29, 1.82) is 0 Å². The van der Waals surface area contributed by atoms with Gasteiger partial charge in [0.15, 0.2) is 6.29 Å². The van der Waals surface area contributed by atoms with Crippen molar-refractivity contribution in [3.63, 3.8) is 0 Å². The van der Waals surface area contributed by atoms with E-state index in [1.54, 1.807) is 0 Å². The minimum Gasteiger partial charge on any atom is -0.507 e. The zero-order valence-electron chi connectivity index (χ0n) is 13.7. The molecule has 0 amide bonds. The Morgan fingerprint density at radius 1 is 1.25 bits per heavy atom. The molecule has 0 radical (unpaired) electrons. The standard InChI is InChI=1S/C17H28O2Si/c1-7-8-9-20(5,6)14-10-13(12-18)16(19)15(11-14)17(2,3)4/h10-12,19H,7-9H2,1-6H3. The quantitative estimate of drug-likeness (QED) is 0.652. The predicted molar refractivity (Wildman–Crippen MR) is 89.0 cm³/mol. The van der Waals surface area contributed by atoms with Gasteiger partial charge < -0.3 is 5.11 Å². The van der Waals surface area contributed by atoms with E-state index in [9.17, 15) is 9.90 Å². The molecule has 1 rings (SSSR count). The monoisotopic (exact) mass is 292 g/mol. The first-order valence-corrected chi connectivity index (χ1v) is 10.7. The highest BCUT2D eigenvalue weighted by Crippen LogP contribution is 2.33. The SMILES string of the molecule is CCCC[Si](C)(C)c1cc(C=O)c(O)c(C(C)(C)C)c1. The topological polar surface area (TPSA) is 37.3 Å². The Morgan fingerprint density at radius 2 is 1.85 bits per heavy atom. The van der Waals surface area contributed by atoms with Crippen molar-refractivity contribution in [2.24, 2.45) is 0 Å². The third-order valence-corrected chi connectivity index (χ3v) is 7.47. The minimum atomic E-state index is -1.55. The number of hydrogen-bond donors (Lipinski definition) is 1. The maximum Gasteiger partial charge on any atom is 0.153 e. The van der Waals surface area contributed by atoms with E-state index in [4.69, 9.17) is 0 Å². The molecule has 2 nitrogen and oxygen atoms in total. The summed E-state index contributed by atoms with van der Waals surface area (Å²) in [6, 6.07) is 5.25. The van der Waals surface area contributed by atoms with Gasteiger partial charge in [-0.15, -0.1) is 0 Å². The van der Waals surface area contributed by atoms with E-state index in [1.807, 2.05) is 6.07 Å². The van der Waals surface area contributed by atoms with E-state index in [-0.39, 0.29) is 11.2 Å². The van der Waals surface area contributed by atoms with E-state index in [0.717, 1.165) is 11.8 Å². The van der Waals surface area contributed by atoms with Crippen LogP contribution in [-0.2, 0) is 5.41 Å². The van der Waals surface area contributed by atoms with E-state index in [2.05, 4.69) is 46.9 Å². The van der Waals surface area contributed by atoms with Gasteiger partial charge in [0.1, 0.15) is 5.75 Å². The van der Waals surface area contributed by atoms with Gasteiger partial charge in [-0.1, -0.05) is 70.9 Å². The first-order valence-electron chi connectivity index (χ1n) is 7.46. The van der Waals surface area contributed by atoms with Crippen LogP contribution in [0, 0.1) is 0 Å². The number of aromatic hydroxyl groups is 1. The van der Waals surface area contributed by atoms with Crippen LogP contribution in [0.15, 0.2) is 12.1 Å². The second-order valence-corrected chi connectivity index (χ2v) is 12.2. The zero-order chi connectivity index (χ0) is 15.6. The lowest BCUT2D eigenvalue weighted by Gasteiger charge is -2.28. The molecule has 1 N–H and O–H groups in total. The summed E-state index contributed by atoms with van der Waals surface area (Å²) in [5, 5.41) is 11.5. The third kappa shape index (κ3) is 3.72. The maximum absolute atomic E-state index is 11.3. The molecule has 0 aliphatic rings. The second kappa shape index (κ2) is 6.13. The van der Waals surface area contributed by atoms with Crippen LogP contribution in [-0.4, -0.2) is 19.5 Å². The van der Waals surface area contributed by atoms with Crippen molar-refractivity contribution in [3.8, 4) is 5.75 Å². The number of phenols is 1. The first-order chi connectivity index (χ1) is 9.13. The molecule has 1 aromatic rings. The van der Waals surface area contributed by atoms with Crippen LogP contribution in [0.1, 0.15) is 56.5 Å². The summed E-state index contributed by atoms with van der Waals surface area (Å²) in [6.45, 7) is 13.1. The van der Waals surface area contributed by atoms with Crippen LogP contribution in [0.25, 0.3) is 0 Å². The lowest BCUT2D eigenvalue weighted by Crippen LogP contribution is -2.42. The Hall–Kier alpha value is -1.09. The molecular formula is C17H28O2Si. The van der Waals surface area contributed by atoms with Gasteiger partial charge in [0.25, 0.3) is 0 Å². The number of aldehydes is 1. The van der Waals surface area contributed by atoms with Gasteiger partial charge in [-0.2, -0.15) is 0 Å². The fourth-order valence-electron chi connectivity index (χ4n) is 2.47. The highest BCUT2D eigenvalue weighted by atomic mass is 28.3. The molecule has 0 aliphatic heterocycles. The second-order valence-electron chi connectivity index (χ2n) is 7.32. The summed E-state index contributed by atoms with van der Waals surface area (Å²) >= 11 is 0. The van der Waals surface area contributed by atoms with Gasteiger partial charge >= 0.3 is 0 Å². The normalized spacial score (nSPS) is 12.5. The molecule has 0 saturated carbocycles. The van der Waals surface area contributed by atoms with Crippen molar-refractivity contribution < 1.29 is 9.90 Å². The molecule has 0 unspecified atom stereocenters. The van der Waals surface area contributed by atoms with Crippen molar-refractivity contribution in [1.82, 2.24) is 0 Å². The summed E-state index contributed by atoms with van der Waals surface area (Å²) in [4.78, 5) is 11.3. The van der Waals surface area contributed by atoms with Crippen molar-refractivity contribution in [2.75, 3.05) is 0 Å². The molecule has 0 aliphatic carbocycles. The molecule has 3 heteroatoms. The summed E-state index contributed by atoms with van der Waals surface area (Å²) in [5.41, 5.74) is 1.16. The van der Waals surface area contributed by atoms with E-state index < -0.39 is 8.07 Å². The molecule has 0 spiro atoms. The average Bonchev–Trinajstić information content (AvgIpc) is 2.35. The van der Waals surface area contributed by atoms with E-state index >= 15 is 0 Å². The van der Waals surface area contributed by atoms with Crippen LogP contribution in [0.3, 0.4) is 0 Å². The Kier molecular flexibility index (Phi) is 5.19. The van der Waals surface area contributed by atoms with E-state index in [1.165, 1.54) is 24.1 Å². The van der Waals surface area contributed by atoms with Crippen LogP contribution < -0.4 is 5.19 Å². The number of phenolic OH excluding ortho intramolecular Hbond substituents is 1. The summed E-state index contributed by atoms with van der Waals surface area (Å²) in [5.74, 6) is 0.150. The lowest BCUT2D eigenvalue weighted by atomic mass is 9.85. The van der Waals surface area contributed by atoms with Crippen LogP contribution in [0.5, 0.6) is 5.75 Å². The first kappa shape index (κ1) is 17.0. The Balaban J connectivity index is 3.39. The van der Waals surface area contributed by atoms with Crippen LogP contribution in [0.4, 0.5) is 0 Å². The molecular weight excluding hydrogens is 264 g/mol. The van der Waals surface area contributed by atoms with Crippen LogP contribution in [0.2, 0.25) is 19.1 Å². The Labute approximate surface area is 124 Å². The fourth-order valence-corrected chi connectivity index (χ4v) is 5.08. The summed E-state index contributed by atoms with van der Waals surface area (Å²) in [7, 11) is -1.55. The summed E-state index contributed by atoms with van der Waals surface area (Å²) in [6.07, 6.45) is 3.20. The highest BCUT2D eigenvalue weighted by Gasteiger charge is 2.28. The van der Waals surface area contributed by atoms with Gasteiger partial charge in [0, 0.05) is 0 Å². The number of benzene rings is 1. The Bertz CT molecular complexity index is 484. The molecule has 0 heterocycles. The zero-order valence-corrected chi connectivity index (χ0v) is 14.7. The fraction of sp³-hybridized carbons (Fsp3) is 0.588. The number of unbranched alkanes of at least 4 members (excludes halogenated alkanes) is 1. The average molecular weight is 292 g/mol. The van der Waals surface area contributed by atoms with Crippen molar-refractivity contribution in [2.45, 2.75) is 65.1 Å². The van der Waals surface area contributed by atoms with Gasteiger partial charge in [-0.3, -0.25) is 4.79 Å². The van der Waals surface area contributed by atoms with Gasteiger partial charge in [-0.25, -0.2) is 0 Å². The number of carbonyl (C=O) groups excluding carboxylic acids is 1. The number of carbonyl (C=O) groups is 1. The third-order valence-electron chi connectivity index (χ3n) is 4.01. The maximum atomic E-state index is 11.3. The molecule has 0 saturated heterocycles. The molecule has 0 fully saturated rings. The number of rotatable bonds is 5. The molecule has 112 valence electrons. The molecule has 0 bridgehead atoms. The molecule has 20 heavy (non-hydrogen) atoms. The molecule has 0 atom stereocenters. The highest BCUT2D eigenvalue weighted by molar-refractivity contribution is 6.89.